The van der Waals surface area contributed by atoms with Crippen LogP contribution in [0.3, 0.4) is 0 Å². The Morgan fingerprint density at radius 2 is 1.44 bits per heavy atom. The third kappa shape index (κ3) is 7.09. The fourth-order valence-corrected chi connectivity index (χ4v) is 5.57. The zero-order valence-electron chi connectivity index (χ0n) is 21.0. The van der Waals surface area contributed by atoms with Gasteiger partial charge in [-0.05, 0) is 84.6 Å². The summed E-state index contributed by atoms with van der Waals surface area (Å²) >= 11 is 0. The van der Waals surface area contributed by atoms with Gasteiger partial charge in [0.15, 0.2) is 0 Å². The quantitative estimate of drug-likeness (QED) is 0.199. The molecule has 3 aromatic rings. The van der Waals surface area contributed by atoms with Gasteiger partial charge in [0, 0.05) is 19.1 Å². The van der Waals surface area contributed by atoms with Gasteiger partial charge in [0.2, 0.25) is 0 Å². The summed E-state index contributed by atoms with van der Waals surface area (Å²) in [6.07, 6.45) is 6.51. The third-order valence-electron chi connectivity index (χ3n) is 7.83. The van der Waals surface area contributed by atoms with E-state index in [2.05, 4.69) is 6.07 Å². The Balaban J connectivity index is 1.30. The molecule has 5 heteroatoms. The maximum absolute atomic E-state index is 15.2. The molecule has 0 atom stereocenters. The first-order valence-electron chi connectivity index (χ1n) is 13.2. The molecule has 36 heavy (non-hydrogen) atoms. The number of alkyl halides is 3. The molecule has 1 aliphatic rings. The SMILES string of the molecule is COCCCC1CCC(CCc2ccc3c(F)c(CCc4ccc(C(F)(F)F)cc4)ccc3c2)CC1. The summed E-state index contributed by atoms with van der Waals surface area (Å²) in [7, 11) is 1.77. The van der Waals surface area contributed by atoms with E-state index in [9.17, 15) is 13.2 Å². The van der Waals surface area contributed by atoms with Crippen molar-refractivity contribution >= 4 is 10.8 Å². The van der Waals surface area contributed by atoms with Gasteiger partial charge in [-0.15, -0.1) is 0 Å². The lowest BCUT2D eigenvalue weighted by Crippen LogP contribution is -2.15. The minimum atomic E-state index is -4.34. The molecule has 0 unspecified atom stereocenters. The minimum Gasteiger partial charge on any atom is -0.385 e. The number of fused-ring (bicyclic) bond motifs is 1. The first-order chi connectivity index (χ1) is 17.3. The maximum atomic E-state index is 15.2. The van der Waals surface area contributed by atoms with Gasteiger partial charge >= 0.3 is 6.18 Å². The number of rotatable bonds is 10. The van der Waals surface area contributed by atoms with E-state index in [0.29, 0.717) is 23.8 Å². The number of hydrogen-bond acceptors (Lipinski definition) is 1. The molecule has 4 rings (SSSR count). The van der Waals surface area contributed by atoms with Gasteiger partial charge in [0.1, 0.15) is 5.82 Å². The molecule has 0 saturated heterocycles. The van der Waals surface area contributed by atoms with Gasteiger partial charge in [-0.1, -0.05) is 68.1 Å². The van der Waals surface area contributed by atoms with Crippen molar-refractivity contribution in [2.75, 3.05) is 13.7 Å². The molecule has 0 bridgehead atoms. The van der Waals surface area contributed by atoms with Crippen LogP contribution in [0.4, 0.5) is 17.6 Å². The van der Waals surface area contributed by atoms with E-state index < -0.39 is 11.7 Å². The number of ether oxygens (including phenoxy) is 1. The van der Waals surface area contributed by atoms with Crippen molar-refractivity contribution in [1.82, 2.24) is 0 Å². The number of halogens is 4. The number of benzene rings is 3. The molecule has 0 amide bonds. The molecule has 0 radical (unpaired) electrons. The monoisotopic (exact) mass is 500 g/mol. The molecule has 1 nitrogen and oxygen atoms in total. The van der Waals surface area contributed by atoms with Crippen molar-refractivity contribution < 1.29 is 22.3 Å². The second kappa shape index (κ2) is 12.2. The summed E-state index contributed by atoms with van der Waals surface area (Å²) in [4.78, 5) is 0. The average Bonchev–Trinajstić information content (AvgIpc) is 2.88. The summed E-state index contributed by atoms with van der Waals surface area (Å²) < 4.78 is 58.6. The van der Waals surface area contributed by atoms with Crippen LogP contribution in [0.15, 0.2) is 54.6 Å². The Morgan fingerprint density at radius 1 is 0.778 bits per heavy atom. The van der Waals surface area contributed by atoms with Crippen LogP contribution in [-0.2, 0) is 30.2 Å². The van der Waals surface area contributed by atoms with Crippen molar-refractivity contribution in [2.24, 2.45) is 11.8 Å². The minimum absolute atomic E-state index is 0.224. The molecule has 0 heterocycles. The van der Waals surface area contributed by atoms with E-state index in [-0.39, 0.29) is 5.82 Å². The van der Waals surface area contributed by atoms with Crippen LogP contribution in [0, 0.1) is 17.7 Å². The molecular weight excluding hydrogens is 464 g/mol. The number of aryl methyl sites for hydroxylation is 3. The van der Waals surface area contributed by atoms with E-state index in [1.807, 2.05) is 24.3 Å². The second-order valence-electron chi connectivity index (χ2n) is 10.3. The summed E-state index contributed by atoms with van der Waals surface area (Å²) in [5, 5.41) is 1.52. The predicted molar refractivity (Wildman–Crippen MR) is 138 cm³/mol. The van der Waals surface area contributed by atoms with Gasteiger partial charge in [0.25, 0.3) is 0 Å². The standard InChI is InChI=1S/C31H36F4O/c1-36-20-2-3-22-4-6-23(7-5-22)8-9-25-13-19-29-27(21-25)16-15-26(30(29)32)14-10-24-11-17-28(18-12-24)31(33,34)35/h11-13,15-19,21-23H,2-10,14,20H2,1H3. The molecule has 0 N–H and O–H groups in total. The lowest BCUT2D eigenvalue weighted by atomic mass is 9.78. The largest absolute Gasteiger partial charge is 0.416 e. The Kier molecular flexibility index (Phi) is 9.05. The van der Waals surface area contributed by atoms with E-state index in [1.165, 1.54) is 56.2 Å². The van der Waals surface area contributed by atoms with Gasteiger partial charge in [-0.3, -0.25) is 0 Å². The average molecular weight is 501 g/mol. The molecule has 1 saturated carbocycles. The van der Waals surface area contributed by atoms with Crippen LogP contribution >= 0.6 is 0 Å². The first-order valence-corrected chi connectivity index (χ1v) is 13.2. The molecule has 3 aromatic carbocycles. The van der Waals surface area contributed by atoms with Crippen molar-refractivity contribution in [2.45, 2.75) is 70.4 Å². The van der Waals surface area contributed by atoms with E-state index in [0.717, 1.165) is 54.4 Å². The second-order valence-corrected chi connectivity index (χ2v) is 10.3. The molecule has 194 valence electrons. The zero-order valence-corrected chi connectivity index (χ0v) is 21.0. The molecule has 1 fully saturated rings. The third-order valence-corrected chi connectivity index (χ3v) is 7.83. The van der Waals surface area contributed by atoms with Crippen LogP contribution in [0.5, 0.6) is 0 Å². The Labute approximate surface area is 211 Å². The highest BCUT2D eigenvalue weighted by atomic mass is 19.4. The highest BCUT2D eigenvalue weighted by Crippen LogP contribution is 2.34. The normalized spacial score (nSPS) is 18.6. The Hall–Kier alpha value is -2.40. The lowest BCUT2D eigenvalue weighted by molar-refractivity contribution is -0.137. The summed E-state index contributed by atoms with van der Waals surface area (Å²) in [6.45, 7) is 0.864. The van der Waals surface area contributed by atoms with Gasteiger partial charge in [-0.2, -0.15) is 13.2 Å². The van der Waals surface area contributed by atoms with E-state index >= 15 is 4.39 Å². The van der Waals surface area contributed by atoms with Crippen molar-refractivity contribution in [3.05, 3.63) is 82.7 Å². The highest BCUT2D eigenvalue weighted by Gasteiger charge is 2.29. The van der Waals surface area contributed by atoms with Crippen LogP contribution in [-0.4, -0.2) is 13.7 Å². The predicted octanol–water partition coefficient (Wildman–Crippen LogP) is 8.95. The van der Waals surface area contributed by atoms with Crippen molar-refractivity contribution in [3.63, 3.8) is 0 Å². The molecule has 0 aliphatic heterocycles. The van der Waals surface area contributed by atoms with E-state index in [4.69, 9.17) is 4.74 Å². The molecule has 0 aromatic heterocycles. The molecular formula is C31H36F4O. The maximum Gasteiger partial charge on any atom is 0.416 e. The first kappa shape index (κ1) is 26.7. The van der Waals surface area contributed by atoms with Gasteiger partial charge < -0.3 is 4.74 Å². The fraction of sp³-hybridized carbons (Fsp3) is 0.484. The van der Waals surface area contributed by atoms with Crippen LogP contribution in [0.1, 0.15) is 67.2 Å². The molecule has 1 aliphatic carbocycles. The van der Waals surface area contributed by atoms with Crippen molar-refractivity contribution in [1.29, 1.82) is 0 Å². The van der Waals surface area contributed by atoms with Gasteiger partial charge in [-0.25, -0.2) is 4.39 Å². The van der Waals surface area contributed by atoms with Crippen LogP contribution in [0.2, 0.25) is 0 Å². The molecule has 0 spiro atoms. The number of methoxy groups -OCH3 is 1. The van der Waals surface area contributed by atoms with Gasteiger partial charge in [0.05, 0.1) is 5.56 Å². The lowest BCUT2D eigenvalue weighted by Gasteiger charge is -2.28. The fourth-order valence-electron chi connectivity index (χ4n) is 5.57. The smallest absolute Gasteiger partial charge is 0.385 e. The Bertz CT molecular complexity index is 1110. The summed E-state index contributed by atoms with van der Waals surface area (Å²) in [6, 6.07) is 14.9. The zero-order chi connectivity index (χ0) is 25.5. The topological polar surface area (TPSA) is 9.23 Å². The van der Waals surface area contributed by atoms with Crippen LogP contribution in [0.25, 0.3) is 10.8 Å². The van der Waals surface area contributed by atoms with Crippen molar-refractivity contribution in [3.8, 4) is 0 Å². The summed E-state index contributed by atoms with van der Waals surface area (Å²) in [5.74, 6) is 1.41. The summed E-state index contributed by atoms with van der Waals surface area (Å²) in [5.41, 5.74) is 1.95. The van der Waals surface area contributed by atoms with E-state index in [1.54, 1.807) is 7.11 Å². The highest BCUT2D eigenvalue weighted by molar-refractivity contribution is 5.84. The van der Waals surface area contributed by atoms with Crippen LogP contribution < -0.4 is 0 Å². The Morgan fingerprint density at radius 3 is 2.11 bits per heavy atom. The number of hydrogen-bond donors (Lipinski definition) is 0.